The Bertz CT molecular complexity index is 640. The third-order valence-electron chi connectivity index (χ3n) is 3.39. The normalized spacial score (nSPS) is 11.9. The number of carbonyl (C=O) groups excluding carboxylic acids is 1. The van der Waals surface area contributed by atoms with E-state index in [0.717, 1.165) is 6.42 Å². The number of nitrogens with one attached hydrogen (secondary N) is 1. The first-order valence-electron chi connectivity index (χ1n) is 7.33. The van der Waals surface area contributed by atoms with E-state index in [9.17, 15) is 14.0 Å². The number of carboxylic acids is 1. The fourth-order valence-electron chi connectivity index (χ4n) is 2.27. The van der Waals surface area contributed by atoms with E-state index in [1.165, 1.54) is 29.1 Å². The third-order valence-corrected chi connectivity index (χ3v) is 4.33. The third kappa shape index (κ3) is 5.83. The lowest BCUT2D eigenvalue weighted by atomic mass is 10.0. The first kappa shape index (κ1) is 17.1. The minimum atomic E-state index is -1.02. The average molecular weight is 335 g/mol. The number of halogens is 1. The van der Waals surface area contributed by atoms with Crippen LogP contribution >= 0.6 is 11.3 Å². The predicted octanol–water partition coefficient (Wildman–Crippen LogP) is 3.54. The highest BCUT2D eigenvalue weighted by Gasteiger charge is 2.18. The molecule has 4 nitrogen and oxygen atoms in total. The van der Waals surface area contributed by atoms with Crippen LogP contribution in [0, 0.1) is 5.82 Å². The maximum atomic E-state index is 13.0. The van der Waals surface area contributed by atoms with Crippen LogP contribution in [0.15, 0.2) is 41.8 Å². The number of amides is 1. The Hall–Kier alpha value is -2.21. The zero-order chi connectivity index (χ0) is 16.7. The lowest BCUT2D eigenvalue weighted by Crippen LogP contribution is -2.30. The van der Waals surface area contributed by atoms with Gasteiger partial charge in [0.2, 0.25) is 5.91 Å². The predicted molar refractivity (Wildman–Crippen MR) is 86.8 cm³/mol. The fraction of sp³-hybridized carbons (Fsp3) is 0.294. The van der Waals surface area contributed by atoms with Gasteiger partial charge in [0, 0.05) is 11.3 Å². The number of aliphatic carboxylic acids is 1. The summed E-state index contributed by atoms with van der Waals surface area (Å²) >= 11 is 1.65. The fourth-order valence-corrected chi connectivity index (χ4v) is 3.02. The van der Waals surface area contributed by atoms with Crippen LogP contribution in [0.4, 0.5) is 4.39 Å². The minimum absolute atomic E-state index is 0.197. The van der Waals surface area contributed by atoms with Crippen LogP contribution in [0.5, 0.6) is 0 Å². The van der Waals surface area contributed by atoms with Crippen molar-refractivity contribution in [1.29, 1.82) is 0 Å². The lowest BCUT2D eigenvalue weighted by Gasteiger charge is -2.17. The highest BCUT2D eigenvalue weighted by atomic mass is 32.1. The van der Waals surface area contributed by atoms with Gasteiger partial charge in [0.05, 0.1) is 12.5 Å². The molecule has 0 bridgehead atoms. The minimum Gasteiger partial charge on any atom is -0.481 e. The van der Waals surface area contributed by atoms with E-state index in [2.05, 4.69) is 5.32 Å². The van der Waals surface area contributed by atoms with Gasteiger partial charge >= 0.3 is 5.97 Å². The molecule has 1 atom stereocenters. The maximum absolute atomic E-state index is 13.0. The number of benzene rings is 1. The Morgan fingerprint density at radius 3 is 2.57 bits per heavy atom. The number of thiophene rings is 1. The topological polar surface area (TPSA) is 66.4 Å². The van der Waals surface area contributed by atoms with Gasteiger partial charge in [-0.25, -0.2) is 4.39 Å². The van der Waals surface area contributed by atoms with Crippen LogP contribution < -0.4 is 5.32 Å². The van der Waals surface area contributed by atoms with E-state index in [1.807, 2.05) is 17.5 Å². The Morgan fingerprint density at radius 2 is 1.96 bits per heavy atom. The summed E-state index contributed by atoms with van der Waals surface area (Å²) in [6.45, 7) is 0. The largest absolute Gasteiger partial charge is 0.481 e. The van der Waals surface area contributed by atoms with Gasteiger partial charge < -0.3 is 10.4 Å². The molecule has 6 heteroatoms. The van der Waals surface area contributed by atoms with Gasteiger partial charge in [-0.05, 0) is 42.0 Å². The molecule has 0 radical (unpaired) electrons. The van der Waals surface area contributed by atoms with E-state index in [0.29, 0.717) is 18.4 Å². The first-order valence-corrected chi connectivity index (χ1v) is 8.21. The molecule has 0 spiro atoms. The van der Waals surface area contributed by atoms with Crippen LogP contribution in [0.25, 0.3) is 0 Å². The zero-order valence-electron chi connectivity index (χ0n) is 12.5. The second-order valence-electron chi connectivity index (χ2n) is 5.20. The SMILES string of the molecule is O=C(O)C[C@@H](NC(=O)CCCc1cccs1)c1ccc(F)cc1. The summed E-state index contributed by atoms with van der Waals surface area (Å²) < 4.78 is 13.0. The molecule has 0 fully saturated rings. The molecule has 23 heavy (non-hydrogen) atoms. The van der Waals surface area contributed by atoms with E-state index >= 15 is 0 Å². The van der Waals surface area contributed by atoms with Crippen LogP contribution in [-0.2, 0) is 16.0 Å². The summed E-state index contributed by atoms with van der Waals surface area (Å²) in [5.74, 6) is -1.61. The van der Waals surface area contributed by atoms with Gasteiger partial charge in [-0.15, -0.1) is 11.3 Å². The van der Waals surface area contributed by atoms with Gasteiger partial charge in [-0.1, -0.05) is 18.2 Å². The Morgan fingerprint density at radius 1 is 1.22 bits per heavy atom. The van der Waals surface area contributed by atoms with Crippen molar-refractivity contribution in [1.82, 2.24) is 5.32 Å². The molecule has 1 aromatic carbocycles. The van der Waals surface area contributed by atoms with Crippen molar-refractivity contribution in [3.63, 3.8) is 0 Å². The number of hydrogen-bond acceptors (Lipinski definition) is 3. The van der Waals surface area contributed by atoms with Crippen LogP contribution in [0.2, 0.25) is 0 Å². The van der Waals surface area contributed by atoms with Gasteiger partial charge in [-0.3, -0.25) is 9.59 Å². The van der Waals surface area contributed by atoms with E-state index in [-0.39, 0.29) is 12.3 Å². The summed E-state index contributed by atoms with van der Waals surface area (Å²) in [5, 5.41) is 13.7. The molecule has 0 unspecified atom stereocenters. The van der Waals surface area contributed by atoms with Gasteiger partial charge in [0.15, 0.2) is 0 Å². The average Bonchev–Trinajstić information content (AvgIpc) is 3.00. The van der Waals surface area contributed by atoms with E-state index < -0.39 is 17.8 Å². The van der Waals surface area contributed by atoms with Crippen molar-refractivity contribution in [2.24, 2.45) is 0 Å². The summed E-state index contributed by atoms with van der Waals surface area (Å²) in [4.78, 5) is 24.2. The number of carboxylic acid groups (broad SMARTS) is 1. The Balaban J connectivity index is 1.89. The molecule has 0 aliphatic rings. The Kier molecular flexibility index (Phi) is 6.29. The van der Waals surface area contributed by atoms with Gasteiger partial charge in [0.25, 0.3) is 0 Å². The maximum Gasteiger partial charge on any atom is 0.305 e. The molecule has 1 aromatic heterocycles. The molecule has 122 valence electrons. The summed E-state index contributed by atoms with van der Waals surface area (Å²) in [7, 11) is 0. The molecule has 2 N–H and O–H groups in total. The summed E-state index contributed by atoms with van der Waals surface area (Å²) in [6.07, 6.45) is 1.62. The molecular weight excluding hydrogens is 317 g/mol. The second kappa shape index (κ2) is 8.43. The van der Waals surface area contributed by atoms with E-state index in [4.69, 9.17) is 5.11 Å². The first-order chi connectivity index (χ1) is 11.0. The number of hydrogen-bond donors (Lipinski definition) is 2. The standard InChI is InChI=1S/C17H18FNO3S/c18-13-8-6-12(7-9-13)15(11-17(21)22)19-16(20)5-1-3-14-4-2-10-23-14/h2,4,6-10,15H,1,3,5,11H2,(H,19,20)(H,21,22)/t15-/m1/s1. The van der Waals surface area contributed by atoms with Crippen molar-refractivity contribution < 1.29 is 19.1 Å². The monoisotopic (exact) mass is 335 g/mol. The highest BCUT2D eigenvalue weighted by Crippen LogP contribution is 2.18. The molecule has 2 rings (SSSR count). The molecule has 0 saturated carbocycles. The number of rotatable bonds is 8. The van der Waals surface area contributed by atoms with Crippen molar-refractivity contribution in [2.75, 3.05) is 0 Å². The molecule has 0 saturated heterocycles. The van der Waals surface area contributed by atoms with Crippen molar-refractivity contribution in [3.05, 3.63) is 58.0 Å². The molecular formula is C17H18FNO3S. The smallest absolute Gasteiger partial charge is 0.305 e. The highest BCUT2D eigenvalue weighted by molar-refractivity contribution is 7.09. The van der Waals surface area contributed by atoms with Crippen LogP contribution in [0.1, 0.15) is 35.7 Å². The van der Waals surface area contributed by atoms with Crippen LogP contribution in [0.3, 0.4) is 0 Å². The van der Waals surface area contributed by atoms with Gasteiger partial charge in [0.1, 0.15) is 5.82 Å². The van der Waals surface area contributed by atoms with Crippen LogP contribution in [-0.4, -0.2) is 17.0 Å². The van der Waals surface area contributed by atoms with Crippen molar-refractivity contribution in [2.45, 2.75) is 31.7 Å². The molecule has 1 amide bonds. The van der Waals surface area contributed by atoms with Crippen molar-refractivity contribution in [3.8, 4) is 0 Å². The molecule has 0 aliphatic heterocycles. The molecule has 0 aliphatic carbocycles. The quantitative estimate of drug-likeness (QED) is 0.775. The van der Waals surface area contributed by atoms with E-state index in [1.54, 1.807) is 11.3 Å². The van der Waals surface area contributed by atoms with Crippen molar-refractivity contribution >= 4 is 23.2 Å². The second-order valence-corrected chi connectivity index (χ2v) is 6.23. The number of aryl methyl sites for hydroxylation is 1. The zero-order valence-corrected chi connectivity index (χ0v) is 13.3. The lowest BCUT2D eigenvalue weighted by molar-refractivity contribution is -0.137. The Labute approximate surface area is 138 Å². The molecule has 1 heterocycles. The summed E-state index contributed by atoms with van der Waals surface area (Å²) in [5.41, 5.74) is 0.584. The number of carbonyl (C=O) groups is 2. The molecule has 2 aromatic rings. The van der Waals surface area contributed by atoms with Gasteiger partial charge in [-0.2, -0.15) is 0 Å². The summed E-state index contributed by atoms with van der Waals surface area (Å²) in [6, 6.07) is 8.85.